The number of sulfone groups is 1. The van der Waals surface area contributed by atoms with Crippen molar-refractivity contribution < 1.29 is 21.2 Å². The van der Waals surface area contributed by atoms with E-state index in [0.717, 1.165) is 24.5 Å². The second kappa shape index (κ2) is 6.79. The molecule has 10 heteroatoms. The summed E-state index contributed by atoms with van der Waals surface area (Å²) in [6, 6.07) is 2.89. The first kappa shape index (κ1) is 19.3. The summed E-state index contributed by atoms with van der Waals surface area (Å²) in [6.07, 6.45) is 0.873. The number of rotatable bonds is 3. The molecule has 2 rings (SSSR count). The van der Waals surface area contributed by atoms with Crippen molar-refractivity contribution in [3.8, 4) is 0 Å². The standard InChI is InChI=1S/C12H17FN2O4S2.ClH/c1-9-8-15(6-5-14-9)21(18,19)10-3-4-12(11(13)7-10)20(2,16)17;/h3-4,7,9,14H,5-6,8H2,1-2H3;1H. The Hall–Kier alpha value is -0.740. The van der Waals surface area contributed by atoms with Gasteiger partial charge in [0.2, 0.25) is 10.0 Å². The number of hydrogen-bond acceptors (Lipinski definition) is 5. The molecule has 22 heavy (non-hydrogen) atoms. The van der Waals surface area contributed by atoms with E-state index in [0.29, 0.717) is 13.1 Å². The molecule has 0 aliphatic carbocycles. The van der Waals surface area contributed by atoms with Gasteiger partial charge in [-0.1, -0.05) is 0 Å². The molecular weight excluding hydrogens is 355 g/mol. The van der Waals surface area contributed by atoms with E-state index in [1.165, 1.54) is 4.31 Å². The number of nitrogens with one attached hydrogen (secondary N) is 1. The maximum absolute atomic E-state index is 13.8. The molecule has 0 aromatic heterocycles. The van der Waals surface area contributed by atoms with Crippen LogP contribution in [0.15, 0.2) is 28.0 Å². The maximum Gasteiger partial charge on any atom is 0.243 e. The van der Waals surface area contributed by atoms with Gasteiger partial charge in [-0.05, 0) is 25.1 Å². The minimum atomic E-state index is -3.82. The van der Waals surface area contributed by atoms with Crippen LogP contribution in [0.4, 0.5) is 4.39 Å². The predicted molar refractivity (Wildman–Crippen MR) is 83.0 cm³/mol. The normalized spacial score (nSPS) is 20.4. The lowest BCUT2D eigenvalue weighted by Crippen LogP contribution is -2.51. The van der Waals surface area contributed by atoms with E-state index >= 15 is 0 Å². The number of benzene rings is 1. The number of piperazine rings is 1. The van der Waals surface area contributed by atoms with Crippen LogP contribution in [0.5, 0.6) is 0 Å². The average molecular weight is 373 g/mol. The molecule has 1 atom stereocenters. The van der Waals surface area contributed by atoms with Gasteiger partial charge in [0.15, 0.2) is 9.84 Å². The smallest absolute Gasteiger partial charge is 0.243 e. The summed E-state index contributed by atoms with van der Waals surface area (Å²) < 4.78 is 62.7. The van der Waals surface area contributed by atoms with Gasteiger partial charge in [0.25, 0.3) is 0 Å². The Morgan fingerprint density at radius 3 is 2.41 bits per heavy atom. The number of halogens is 2. The Morgan fingerprint density at radius 2 is 1.91 bits per heavy atom. The lowest BCUT2D eigenvalue weighted by Gasteiger charge is -2.31. The Labute approximate surface area is 136 Å². The Balaban J connectivity index is 0.00000242. The Morgan fingerprint density at radius 1 is 1.27 bits per heavy atom. The van der Waals surface area contributed by atoms with Gasteiger partial charge in [0, 0.05) is 31.9 Å². The summed E-state index contributed by atoms with van der Waals surface area (Å²) in [5, 5.41) is 3.12. The van der Waals surface area contributed by atoms with Gasteiger partial charge in [-0.2, -0.15) is 4.31 Å². The SMILES string of the molecule is CC1CN(S(=O)(=O)c2ccc(S(C)(=O)=O)c(F)c2)CCN1.Cl. The lowest BCUT2D eigenvalue weighted by atomic mass is 10.3. The van der Waals surface area contributed by atoms with E-state index in [9.17, 15) is 21.2 Å². The van der Waals surface area contributed by atoms with Crippen molar-refractivity contribution in [2.24, 2.45) is 0 Å². The van der Waals surface area contributed by atoms with E-state index in [1.807, 2.05) is 6.92 Å². The number of sulfonamides is 1. The van der Waals surface area contributed by atoms with Crippen molar-refractivity contribution in [3.63, 3.8) is 0 Å². The van der Waals surface area contributed by atoms with Crippen LogP contribution < -0.4 is 5.32 Å². The molecule has 1 saturated heterocycles. The highest BCUT2D eigenvalue weighted by atomic mass is 35.5. The predicted octanol–water partition coefficient (Wildman–Crippen LogP) is 0.633. The molecule has 1 fully saturated rings. The van der Waals surface area contributed by atoms with Gasteiger partial charge in [0.1, 0.15) is 10.7 Å². The van der Waals surface area contributed by atoms with E-state index < -0.39 is 30.6 Å². The first-order valence-corrected chi connectivity index (χ1v) is 9.68. The average Bonchev–Trinajstić information content (AvgIpc) is 2.37. The summed E-state index contributed by atoms with van der Waals surface area (Å²) >= 11 is 0. The second-order valence-corrected chi connectivity index (χ2v) is 9.00. The molecule has 6 nitrogen and oxygen atoms in total. The Bertz CT molecular complexity index is 752. The highest BCUT2D eigenvalue weighted by molar-refractivity contribution is 7.90. The topological polar surface area (TPSA) is 83.6 Å². The summed E-state index contributed by atoms with van der Waals surface area (Å²) in [4.78, 5) is -0.739. The van der Waals surface area contributed by atoms with Crippen molar-refractivity contribution in [3.05, 3.63) is 24.0 Å². The molecule has 1 N–H and O–H groups in total. The van der Waals surface area contributed by atoms with Gasteiger partial charge >= 0.3 is 0 Å². The number of hydrogen-bond donors (Lipinski definition) is 1. The monoisotopic (exact) mass is 372 g/mol. The fourth-order valence-corrected chi connectivity index (χ4v) is 4.48. The second-order valence-electron chi connectivity index (χ2n) is 5.08. The van der Waals surface area contributed by atoms with E-state index in [-0.39, 0.29) is 29.9 Å². The van der Waals surface area contributed by atoms with Crippen molar-refractivity contribution in [2.45, 2.75) is 22.8 Å². The van der Waals surface area contributed by atoms with Crippen LogP contribution in [0.1, 0.15) is 6.92 Å². The van der Waals surface area contributed by atoms with Crippen LogP contribution >= 0.6 is 12.4 Å². The third kappa shape index (κ3) is 3.96. The van der Waals surface area contributed by atoms with Gasteiger partial charge in [-0.25, -0.2) is 21.2 Å². The zero-order chi connectivity index (χ0) is 15.8. The van der Waals surface area contributed by atoms with E-state index in [2.05, 4.69) is 5.32 Å². The van der Waals surface area contributed by atoms with Crippen LogP contribution in [0.25, 0.3) is 0 Å². The summed E-state index contributed by atoms with van der Waals surface area (Å²) in [7, 11) is -7.54. The molecule has 0 saturated carbocycles. The quantitative estimate of drug-likeness (QED) is 0.841. The fourth-order valence-electron chi connectivity index (χ4n) is 2.21. The minimum Gasteiger partial charge on any atom is -0.312 e. The third-order valence-corrected chi connectivity index (χ3v) is 6.26. The molecule has 1 aliphatic heterocycles. The van der Waals surface area contributed by atoms with Crippen molar-refractivity contribution in [2.75, 3.05) is 25.9 Å². The number of nitrogens with zero attached hydrogens (tertiary/aromatic N) is 1. The molecular formula is C12H18ClFN2O4S2. The van der Waals surface area contributed by atoms with Gasteiger partial charge in [-0.3, -0.25) is 0 Å². The summed E-state index contributed by atoms with van der Waals surface area (Å²) in [5.74, 6) is -1.05. The van der Waals surface area contributed by atoms with E-state index in [1.54, 1.807) is 0 Å². The van der Waals surface area contributed by atoms with Crippen LogP contribution in [0.2, 0.25) is 0 Å². The fraction of sp³-hybridized carbons (Fsp3) is 0.500. The van der Waals surface area contributed by atoms with Gasteiger partial charge < -0.3 is 5.32 Å². The minimum absolute atomic E-state index is 0. The maximum atomic E-state index is 13.8. The molecule has 0 spiro atoms. The zero-order valence-electron chi connectivity index (χ0n) is 12.1. The molecule has 0 bridgehead atoms. The van der Waals surface area contributed by atoms with Crippen LogP contribution in [0.3, 0.4) is 0 Å². The molecule has 1 aromatic carbocycles. The first-order valence-electron chi connectivity index (χ1n) is 6.35. The van der Waals surface area contributed by atoms with E-state index in [4.69, 9.17) is 0 Å². The summed E-state index contributed by atoms with van der Waals surface area (Å²) in [5.41, 5.74) is 0. The largest absolute Gasteiger partial charge is 0.312 e. The molecule has 1 unspecified atom stereocenters. The molecule has 1 aliphatic rings. The molecule has 1 aromatic rings. The van der Waals surface area contributed by atoms with Crippen LogP contribution in [-0.2, 0) is 19.9 Å². The lowest BCUT2D eigenvalue weighted by molar-refractivity contribution is 0.310. The molecule has 126 valence electrons. The van der Waals surface area contributed by atoms with Crippen molar-refractivity contribution in [1.29, 1.82) is 0 Å². The molecule has 0 amide bonds. The van der Waals surface area contributed by atoms with Crippen molar-refractivity contribution in [1.82, 2.24) is 9.62 Å². The van der Waals surface area contributed by atoms with Gasteiger partial charge in [0.05, 0.1) is 4.90 Å². The van der Waals surface area contributed by atoms with Crippen LogP contribution in [0, 0.1) is 5.82 Å². The first-order chi connectivity index (χ1) is 9.62. The van der Waals surface area contributed by atoms with Crippen LogP contribution in [-0.4, -0.2) is 53.1 Å². The summed E-state index contributed by atoms with van der Waals surface area (Å²) in [6.45, 7) is 2.96. The van der Waals surface area contributed by atoms with Gasteiger partial charge in [-0.15, -0.1) is 12.4 Å². The van der Waals surface area contributed by atoms with Crippen molar-refractivity contribution >= 4 is 32.3 Å². The molecule has 0 radical (unpaired) electrons. The molecule has 1 heterocycles. The Kier molecular flexibility index (Phi) is 5.96. The highest BCUT2D eigenvalue weighted by Crippen LogP contribution is 2.22. The third-order valence-electron chi connectivity index (χ3n) is 3.27. The zero-order valence-corrected chi connectivity index (χ0v) is 14.6. The highest BCUT2D eigenvalue weighted by Gasteiger charge is 2.29.